The quantitative estimate of drug-likeness (QED) is 0.237. The molecule has 6 nitrogen and oxygen atoms in total. The van der Waals surface area contributed by atoms with Crippen molar-refractivity contribution >= 4 is 11.9 Å². The number of hydrogen-bond acceptors (Lipinski definition) is 4. The van der Waals surface area contributed by atoms with E-state index in [1.807, 2.05) is 19.9 Å². The van der Waals surface area contributed by atoms with Gasteiger partial charge in [-0.25, -0.2) is 4.39 Å². The lowest BCUT2D eigenvalue weighted by Gasteiger charge is -2.19. The van der Waals surface area contributed by atoms with E-state index in [9.17, 15) is 9.18 Å². The van der Waals surface area contributed by atoms with Crippen LogP contribution in [0.15, 0.2) is 23.2 Å². The van der Waals surface area contributed by atoms with Crippen LogP contribution in [-0.4, -0.2) is 38.7 Å². The van der Waals surface area contributed by atoms with Crippen molar-refractivity contribution in [3.63, 3.8) is 0 Å². The van der Waals surface area contributed by atoms with Crippen molar-refractivity contribution in [2.45, 2.75) is 58.4 Å². The summed E-state index contributed by atoms with van der Waals surface area (Å²) in [5, 5.41) is 6.53. The number of ether oxygens (including phenoxy) is 2. The van der Waals surface area contributed by atoms with Crippen LogP contribution in [0.5, 0.6) is 5.75 Å². The number of nitrogens with zero attached hydrogens (tertiary/aromatic N) is 1. The largest absolute Gasteiger partial charge is 0.490 e. The van der Waals surface area contributed by atoms with Crippen molar-refractivity contribution in [3.8, 4) is 5.75 Å². The van der Waals surface area contributed by atoms with Gasteiger partial charge < -0.3 is 20.1 Å². The monoisotopic (exact) mass is 407 g/mol. The summed E-state index contributed by atoms with van der Waals surface area (Å²) in [4.78, 5) is 15.7. The molecule has 0 aliphatic heterocycles. The molecule has 1 aromatic rings. The predicted octanol–water partition coefficient (Wildman–Crippen LogP) is 3.96. The van der Waals surface area contributed by atoms with Crippen molar-refractivity contribution < 1.29 is 18.7 Å². The van der Waals surface area contributed by atoms with E-state index in [4.69, 9.17) is 4.74 Å². The summed E-state index contributed by atoms with van der Waals surface area (Å²) in [5.74, 6) is 1.11. The zero-order valence-corrected chi connectivity index (χ0v) is 17.8. The first-order chi connectivity index (χ1) is 14.0. The molecule has 1 saturated carbocycles. The Morgan fingerprint density at radius 1 is 1.31 bits per heavy atom. The van der Waals surface area contributed by atoms with Crippen molar-refractivity contribution in [1.29, 1.82) is 0 Å². The lowest BCUT2D eigenvalue weighted by atomic mass is 10.1. The minimum atomic E-state index is -0.329. The SMILES string of the molecule is CCNC(=NCCCCCC(=O)OC)NC(C)c1ccc(OCC2CC2)c(F)c1. The molecule has 1 unspecified atom stereocenters. The number of carbonyl (C=O) groups is 1. The summed E-state index contributed by atoms with van der Waals surface area (Å²) in [7, 11) is 1.41. The minimum absolute atomic E-state index is 0.0980. The van der Waals surface area contributed by atoms with Gasteiger partial charge >= 0.3 is 5.97 Å². The number of unbranched alkanes of at least 4 members (excludes halogenated alkanes) is 2. The van der Waals surface area contributed by atoms with Gasteiger partial charge in [0, 0.05) is 19.5 Å². The van der Waals surface area contributed by atoms with E-state index in [1.54, 1.807) is 6.07 Å². The molecular weight excluding hydrogens is 373 g/mol. The van der Waals surface area contributed by atoms with Crippen LogP contribution < -0.4 is 15.4 Å². The summed E-state index contributed by atoms with van der Waals surface area (Å²) in [6, 6.07) is 5.02. The van der Waals surface area contributed by atoms with Gasteiger partial charge in [0.1, 0.15) is 0 Å². The standard InChI is InChI=1S/C22H34FN3O3/c1-4-24-22(25-13-7-5-6-8-21(27)28-3)26-16(2)18-11-12-20(19(23)14-18)29-15-17-9-10-17/h11-12,14,16-17H,4-10,13,15H2,1-3H3,(H2,24,25,26). The molecule has 0 radical (unpaired) electrons. The van der Waals surface area contributed by atoms with Crippen LogP contribution in [0, 0.1) is 11.7 Å². The van der Waals surface area contributed by atoms with Crippen LogP contribution in [-0.2, 0) is 9.53 Å². The first-order valence-electron chi connectivity index (χ1n) is 10.6. The van der Waals surface area contributed by atoms with E-state index >= 15 is 0 Å². The number of carbonyl (C=O) groups excluding carboxylic acids is 1. The number of guanidine groups is 1. The fourth-order valence-electron chi connectivity index (χ4n) is 2.85. The maximum atomic E-state index is 14.3. The maximum absolute atomic E-state index is 14.3. The fraction of sp³-hybridized carbons (Fsp3) is 0.636. The predicted molar refractivity (Wildman–Crippen MR) is 113 cm³/mol. The second kappa shape index (κ2) is 12.3. The first kappa shape index (κ1) is 23.0. The summed E-state index contributed by atoms with van der Waals surface area (Å²) < 4.78 is 24.5. The van der Waals surface area contributed by atoms with Crippen LogP contribution in [0.4, 0.5) is 4.39 Å². The molecule has 29 heavy (non-hydrogen) atoms. The molecule has 2 N–H and O–H groups in total. The van der Waals surface area contributed by atoms with Gasteiger partial charge in [-0.05, 0) is 63.1 Å². The highest BCUT2D eigenvalue weighted by atomic mass is 19.1. The molecule has 0 bridgehead atoms. The zero-order valence-electron chi connectivity index (χ0n) is 17.8. The smallest absolute Gasteiger partial charge is 0.305 e. The van der Waals surface area contributed by atoms with E-state index in [-0.39, 0.29) is 17.8 Å². The Kier molecular flexibility index (Phi) is 9.74. The normalized spacial score (nSPS) is 15.0. The van der Waals surface area contributed by atoms with Gasteiger partial charge in [-0.15, -0.1) is 0 Å². The average Bonchev–Trinajstić information content (AvgIpc) is 3.53. The summed E-state index contributed by atoms with van der Waals surface area (Å²) in [6.45, 7) is 5.97. The van der Waals surface area contributed by atoms with Gasteiger partial charge in [0.2, 0.25) is 0 Å². The third-order valence-corrected chi connectivity index (χ3v) is 4.86. The molecule has 1 aliphatic rings. The van der Waals surface area contributed by atoms with E-state index < -0.39 is 0 Å². The zero-order chi connectivity index (χ0) is 21.1. The van der Waals surface area contributed by atoms with Crippen LogP contribution in [0.3, 0.4) is 0 Å². The molecule has 7 heteroatoms. The van der Waals surface area contributed by atoms with Crippen molar-refractivity contribution in [2.24, 2.45) is 10.9 Å². The van der Waals surface area contributed by atoms with E-state index in [2.05, 4.69) is 20.4 Å². The topological polar surface area (TPSA) is 72.0 Å². The number of methoxy groups -OCH3 is 1. The second-order valence-corrected chi connectivity index (χ2v) is 7.46. The Hall–Kier alpha value is -2.31. The lowest BCUT2D eigenvalue weighted by molar-refractivity contribution is -0.140. The number of aliphatic imine (C=N–C) groups is 1. The molecular formula is C22H34FN3O3. The second-order valence-electron chi connectivity index (χ2n) is 7.46. The highest BCUT2D eigenvalue weighted by molar-refractivity contribution is 5.80. The van der Waals surface area contributed by atoms with Gasteiger partial charge in [0.15, 0.2) is 17.5 Å². The Balaban J connectivity index is 1.81. The fourth-order valence-corrected chi connectivity index (χ4v) is 2.85. The molecule has 0 aromatic heterocycles. The third kappa shape index (κ3) is 8.71. The van der Waals surface area contributed by atoms with Gasteiger partial charge in [-0.2, -0.15) is 0 Å². The first-order valence-corrected chi connectivity index (χ1v) is 10.6. The summed E-state index contributed by atoms with van der Waals surface area (Å²) in [5.41, 5.74) is 0.838. The molecule has 1 fully saturated rings. The minimum Gasteiger partial charge on any atom is -0.490 e. The molecule has 2 rings (SSSR count). The van der Waals surface area contributed by atoms with E-state index in [0.717, 1.165) is 31.4 Å². The average molecular weight is 408 g/mol. The Labute approximate surface area is 173 Å². The van der Waals surface area contributed by atoms with Crippen molar-refractivity contribution in [1.82, 2.24) is 10.6 Å². The van der Waals surface area contributed by atoms with Gasteiger partial charge in [0.25, 0.3) is 0 Å². The maximum Gasteiger partial charge on any atom is 0.305 e. The Morgan fingerprint density at radius 2 is 2.10 bits per heavy atom. The van der Waals surface area contributed by atoms with Gasteiger partial charge in [-0.1, -0.05) is 12.5 Å². The number of benzene rings is 1. The van der Waals surface area contributed by atoms with Crippen LogP contribution in [0.1, 0.15) is 64.0 Å². The number of esters is 1. The Morgan fingerprint density at radius 3 is 2.76 bits per heavy atom. The summed E-state index contributed by atoms with van der Waals surface area (Å²) in [6.07, 6.45) is 5.42. The van der Waals surface area contributed by atoms with Crippen molar-refractivity contribution in [3.05, 3.63) is 29.6 Å². The lowest BCUT2D eigenvalue weighted by Crippen LogP contribution is -2.38. The number of rotatable bonds is 12. The van der Waals surface area contributed by atoms with Gasteiger partial charge in [-0.3, -0.25) is 9.79 Å². The van der Waals surface area contributed by atoms with E-state index in [0.29, 0.717) is 37.2 Å². The molecule has 0 amide bonds. The number of nitrogens with one attached hydrogen (secondary N) is 2. The molecule has 1 atom stereocenters. The molecule has 1 aliphatic carbocycles. The molecule has 0 heterocycles. The molecule has 1 aromatic carbocycles. The molecule has 162 valence electrons. The highest BCUT2D eigenvalue weighted by Crippen LogP contribution is 2.30. The van der Waals surface area contributed by atoms with Gasteiger partial charge in [0.05, 0.1) is 19.8 Å². The van der Waals surface area contributed by atoms with E-state index in [1.165, 1.54) is 26.0 Å². The molecule has 0 spiro atoms. The van der Waals surface area contributed by atoms with Crippen LogP contribution in [0.25, 0.3) is 0 Å². The number of hydrogen-bond donors (Lipinski definition) is 2. The summed E-state index contributed by atoms with van der Waals surface area (Å²) >= 11 is 0. The number of halogens is 1. The molecule has 0 saturated heterocycles. The Bertz CT molecular complexity index is 677. The van der Waals surface area contributed by atoms with Crippen LogP contribution in [0.2, 0.25) is 0 Å². The third-order valence-electron chi connectivity index (χ3n) is 4.86. The van der Waals surface area contributed by atoms with Crippen LogP contribution >= 0.6 is 0 Å². The van der Waals surface area contributed by atoms with Crippen molar-refractivity contribution in [2.75, 3.05) is 26.8 Å². The highest BCUT2D eigenvalue weighted by Gasteiger charge is 2.22.